The zero-order valence-corrected chi connectivity index (χ0v) is 28.9. The molecule has 1 aliphatic heterocycles. The number of aromatic nitrogens is 1. The summed E-state index contributed by atoms with van der Waals surface area (Å²) in [6.45, 7) is 2.35. The minimum atomic E-state index is -4.07. The quantitative estimate of drug-likeness (QED) is 0.166. The molecule has 4 aromatic rings. The molecular weight excluding hydrogens is 714 g/mol. The average molecular weight is 748 g/mol. The van der Waals surface area contributed by atoms with E-state index in [2.05, 4.69) is 20.9 Å². The Labute approximate surface area is 297 Å². The number of hydrogen-bond acceptors (Lipinski definition) is 7. The van der Waals surface area contributed by atoms with Crippen LogP contribution in [0.5, 0.6) is 0 Å². The fraction of sp³-hybridized carbons (Fsp3) is 0.286. The van der Waals surface area contributed by atoms with Gasteiger partial charge in [-0.05, 0) is 67.3 Å². The number of ether oxygens (including phenoxy) is 1. The highest BCUT2D eigenvalue weighted by Gasteiger charge is 2.39. The van der Waals surface area contributed by atoms with E-state index in [1.807, 2.05) is 0 Å². The monoisotopic (exact) mass is 747 g/mol. The number of piperazine rings is 1. The third-order valence-electron chi connectivity index (χ3n) is 8.54. The zero-order valence-electron chi connectivity index (χ0n) is 27.4. The molecular formula is C35H34ClF4N5O5S. The lowest BCUT2D eigenvalue weighted by Crippen LogP contribution is -2.58. The second-order valence-corrected chi connectivity index (χ2v) is 14.2. The summed E-state index contributed by atoms with van der Waals surface area (Å²) < 4.78 is 92.1. The minimum absolute atomic E-state index is 0.0152. The molecule has 1 aromatic heterocycles. The number of carbonyl (C=O) groups is 2. The van der Waals surface area contributed by atoms with Gasteiger partial charge in [-0.1, -0.05) is 35.9 Å². The molecule has 4 unspecified atom stereocenters. The van der Waals surface area contributed by atoms with Crippen LogP contribution in [-0.2, 0) is 26.0 Å². The molecule has 1 aliphatic rings. The smallest absolute Gasteiger partial charge is 0.407 e. The van der Waals surface area contributed by atoms with Gasteiger partial charge in [0.1, 0.15) is 34.2 Å². The van der Waals surface area contributed by atoms with E-state index in [4.69, 9.17) is 16.3 Å². The summed E-state index contributed by atoms with van der Waals surface area (Å²) in [7, 11) is -3.03. The molecule has 1 saturated heterocycles. The maximum absolute atomic E-state index is 15.5. The number of sulfonamides is 1. The van der Waals surface area contributed by atoms with Crippen molar-refractivity contribution in [3.8, 4) is 0 Å². The van der Waals surface area contributed by atoms with Crippen LogP contribution >= 0.6 is 11.6 Å². The number of pyridine rings is 1. The fourth-order valence-corrected chi connectivity index (χ4v) is 8.60. The number of anilines is 1. The van der Waals surface area contributed by atoms with Gasteiger partial charge >= 0.3 is 6.09 Å². The SMILES string of the molecule is COC(=O)NC(C(=O)Nc1cncc(F)c1CCC1CNCC(C)N1S(=O)(=O)c1ccccc1Cl)C(c1ccc(F)cc1)c1cc(F)cc(F)c1. The van der Waals surface area contributed by atoms with Crippen LogP contribution in [-0.4, -0.2) is 68.0 Å². The van der Waals surface area contributed by atoms with Crippen LogP contribution in [0.3, 0.4) is 0 Å². The fourth-order valence-electron chi connectivity index (χ4n) is 6.26. The van der Waals surface area contributed by atoms with E-state index >= 15 is 4.39 Å². The lowest BCUT2D eigenvalue weighted by Gasteiger charge is -2.40. The first-order chi connectivity index (χ1) is 24.3. The van der Waals surface area contributed by atoms with Crippen LogP contribution < -0.4 is 16.0 Å². The van der Waals surface area contributed by atoms with E-state index in [0.717, 1.165) is 37.6 Å². The topological polar surface area (TPSA) is 130 Å². The summed E-state index contributed by atoms with van der Waals surface area (Å²) >= 11 is 6.27. The Morgan fingerprint density at radius 1 is 0.980 bits per heavy atom. The molecule has 0 radical (unpaired) electrons. The second kappa shape index (κ2) is 16.2. The molecule has 0 spiro atoms. The van der Waals surface area contributed by atoms with Crippen molar-refractivity contribution in [2.75, 3.05) is 25.5 Å². The molecule has 0 aliphatic carbocycles. The van der Waals surface area contributed by atoms with Crippen molar-refractivity contribution in [2.24, 2.45) is 0 Å². The van der Waals surface area contributed by atoms with E-state index in [1.54, 1.807) is 19.1 Å². The van der Waals surface area contributed by atoms with Crippen molar-refractivity contribution < 1.29 is 40.3 Å². The normalized spacial score (nSPS) is 17.7. The number of benzene rings is 3. The predicted molar refractivity (Wildman–Crippen MR) is 182 cm³/mol. The Kier molecular flexibility index (Phi) is 12.0. The molecule has 5 rings (SSSR count). The molecule has 16 heteroatoms. The van der Waals surface area contributed by atoms with Gasteiger partial charge in [0, 0.05) is 42.7 Å². The Balaban J connectivity index is 1.47. The van der Waals surface area contributed by atoms with Crippen molar-refractivity contribution in [3.63, 3.8) is 0 Å². The molecule has 4 atom stereocenters. The number of halogens is 5. The van der Waals surface area contributed by atoms with E-state index in [9.17, 15) is 31.2 Å². The van der Waals surface area contributed by atoms with Gasteiger partial charge in [-0.2, -0.15) is 4.31 Å². The van der Waals surface area contributed by atoms with E-state index in [0.29, 0.717) is 12.6 Å². The minimum Gasteiger partial charge on any atom is -0.453 e. The lowest BCUT2D eigenvalue weighted by molar-refractivity contribution is -0.118. The first-order valence-corrected chi connectivity index (χ1v) is 17.6. The number of methoxy groups -OCH3 is 1. The Morgan fingerprint density at radius 3 is 2.33 bits per heavy atom. The van der Waals surface area contributed by atoms with Gasteiger partial charge in [0.25, 0.3) is 0 Å². The van der Waals surface area contributed by atoms with Crippen molar-refractivity contribution >= 4 is 39.3 Å². The number of amides is 2. The maximum Gasteiger partial charge on any atom is 0.407 e. The summed E-state index contributed by atoms with van der Waals surface area (Å²) in [5, 5.41) is 8.22. The standard InChI is InChI=1S/C35H34ClF4N5O5S/c1-20-16-41-17-26(45(20)51(48,49)31-6-4-3-5-28(31)36)11-12-27-29(40)18-42-19-30(27)43-34(46)33(44-35(47)50-2)32(21-7-9-23(37)10-8-21)22-13-24(38)15-25(39)14-22/h3-10,13-15,18-20,26,32-33,41H,11-12,16-17H2,1-2H3,(H,43,46)(H,44,47). The highest BCUT2D eigenvalue weighted by molar-refractivity contribution is 7.89. The number of alkyl carbamates (subject to hydrolysis) is 1. The first-order valence-electron chi connectivity index (χ1n) is 15.8. The third-order valence-corrected chi connectivity index (χ3v) is 11.1. The van der Waals surface area contributed by atoms with Crippen LogP contribution in [0.15, 0.2) is 84.0 Å². The number of rotatable bonds is 11. The lowest BCUT2D eigenvalue weighted by atomic mass is 9.84. The second-order valence-electron chi connectivity index (χ2n) is 11.9. The largest absolute Gasteiger partial charge is 0.453 e. The van der Waals surface area contributed by atoms with E-state index in [-0.39, 0.29) is 51.7 Å². The van der Waals surface area contributed by atoms with Crippen LogP contribution in [0.1, 0.15) is 36.0 Å². The molecule has 1 fully saturated rings. The predicted octanol–water partition coefficient (Wildman–Crippen LogP) is 5.77. The van der Waals surface area contributed by atoms with Crippen LogP contribution in [0.4, 0.5) is 28.0 Å². The van der Waals surface area contributed by atoms with Gasteiger partial charge in [-0.3, -0.25) is 9.78 Å². The molecule has 3 N–H and O–H groups in total. The summed E-state index contributed by atoms with van der Waals surface area (Å²) in [5.41, 5.74) is 0.0113. The molecule has 0 bridgehead atoms. The first kappa shape index (κ1) is 37.7. The summed E-state index contributed by atoms with van der Waals surface area (Å²) in [4.78, 5) is 30.4. The molecule has 51 heavy (non-hydrogen) atoms. The van der Waals surface area contributed by atoms with E-state index < -0.39 is 69.3 Å². The molecule has 2 heterocycles. The molecule has 10 nitrogen and oxygen atoms in total. The van der Waals surface area contributed by atoms with Crippen molar-refractivity contribution in [1.82, 2.24) is 19.9 Å². The number of carbonyl (C=O) groups excluding carboxylic acids is 2. The molecule has 0 saturated carbocycles. The summed E-state index contributed by atoms with van der Waals surface area (Å²) in [5.74, 6) is -5.61. The summed E-state index contributed by atoms with van der Waals surface area (Å²) in [6, 6.07) is 10.6. The van der Waals surface area contributed by atoms with Crippen LogP contribution in [0.25, 0.3) is 0 Å². The Hall–Kier alpha value is -4.57. The molecule has 2 amide bonds. The van der Waals surface area contributed by atoms with Gasteiger partial charge in [-0.25, -0.2) is 30.8 Å². The Morgan fingerprint density at radius 2 is 1.67 bits per heavy atom. The third kappa shape index (κ3) is 8.67. The summed E-state index contributed by atoms with van der Waals surface area (Å²) in [6.07, 6.45) is 1.08. The van der Waals surface area contributed by atoms with Crippen LogP contribution in [0, 0.1) is 23.3 Å². The van der Waals surface area contributed by atoms with Gasteiger partial charge in [0.15, 0.2) is 0 Å². The highest BCUT2D eigenvalue weighted by atomic mass is 35.5. The van der Waals surface area contributed by atoms with Gasteiger partial charge in [-0.15, -0.1) is 0 Å². The highest BCUT2D eigenvalue weighted by Crippen LogP contribution is 2.33. The number of nitrogens with zero attached hydrogens (tertiary/aromatic N) is 2. The van der Waals surface area contributed by atoms with E-state index in [1.165, 1.54) is 34.8 Å². The molecule has 3 aromatic carbocycles. The number of hydrogen-bond donors (Lipinski definition) is 3. The van der Waals surface area contributed by atoms with Gasteiger partial charge < -0.3 is 20.7 Å². The number of nitrogens with one attached hydrogen (secondary N) is 3. The van der Waals surface area contributed by atoms with Crippen molar-refractivity contribution in [2.45, 2.75) is 48.7 Å². The van der Waals surface area contributed by atoms with Gasteiger partial charge in [0.2, 0.25) is 15.9 Å². The van der Waals surface area contributed by atoms with Crippen molar-refractivity contribution in [1.29, 1.82) is 0 Å². The van der Waals surface area contributed by atoms with Gasteiger partial charge in [0.05, 0.1) is 30.2 Å². The van der Waals surface area contributed by atoms with Crippen molar-refractivity contribution in [3.05, 3.63) is 124 Å². The average Bonchev–Trinajstić information content (AvgIpc) is 3.08. The maximum atomic E-state index is 15.5. The Bertz CT molecular complexity index is 1990. The zero-order chi connectivity index (χ0) is 36.9. The van der Waals surface area contributed by atoms with Crippen LogP contribution in [0.2, 0.25) is 5.02 Å². The molecule has 270 valence electrons.